The largest absolute Gasteiger partial charge is 0.347 e. The summed E-state index contributed by atoms with van der Waals surface area (Å²) in [5.74, 6) is 0.690. The van der Waals surface area contributed by atoms with E-state index in [2.05, 4.69) is 26.7 Å². The van der Waals surface area contributed by atoms with Crippen molar-refractivity contribution in [1.82, 2.24) is 15.3 Å². The molecule has 1 aliphatic rings. The minimum atomic E-state index is -3.05. The van der Waals surface area contributed by atoms with Gasteiger partial charge in [0.2, 0.25) is 0 Å². The highest BCUT2D eigenvalue weighted by Gasteiger charge is 2.29. The lowest BCUT2D eigenvalue weighted by molar-refractivity contribution is 0.0935. The van der Waals surface area contributed by atoms with Crippen molar-refractivity contribution in [2.45, 2.75) is 33.2 Å². The molecule has 0 spiro atoms. The molecule has 1 atom stereocenters. The maximum atomic E-state index is 12.5. The number of nitrogens with zero attached hydrogens (tertiary/aromatic N) is 2. The zero-order valence-corrected chi connectivity index (χ0v) is 15.9. The Balaban J connectivity index is 1.78. The number of sulfone groups is 1. The lowest BCUT2D eigenvalue weighted by atomic mass is 10.1. The smallest absolute Gasteiger partial charge is 0.270 e. The van der Waals surface area contributed by atoms with Crippen LogP contribution in [0.1, 0.15) is 33.9 Å². The van der Waals surface area contributed by atoms with Crippen molar-refractivity contribution in [2.24, 2.45) is 0 Å². The van der Waals surface area contributed by atoms with E-state index in [1.807, 2.05) is 26.0 Å². The molecule has 1 unspecified atom stereocenters. The molecule has 1 saturated heterocycles. The third kappa shape index (κ3) is 4.37. The maximum absolute atomic E-state index is 12.5. The van der Waals surface area contributed by atoms with E-state index in [1.54, 1.807) is 13.0 Å². The Bertz CT molecular complexity index is 957. The van der Waals surface area contributed by atoms with Crippen LogP contribution in [-0.2, 0) is 9.84 Å². The van der Waals surface area contributed by atoms with Crippen LogP contribution in [-0.4, -0.2) is 41.8 Å². The number of carbonyl (C=O) groups excluding carboxylic acids is 1. The lowest BCUT2D eigenvalue weighted by Gasteiger charge is -2.13. The summed E-state index contributed by atoms with van der Waals surface area (Å²) in [6.07, 6.45) is 0.436. The second-order valence-corrected chi connectivity index (χ2v) is 8.93. The summed E-state index contributed by atoms with van der Waals surface area (Å²) in [7, 11) is -3.05. The number of amides is 1. The van der Waals surface area contributed by atoms with Crippen LogP contribution >= 0.6 is 0 Å². The van der Waals surface area contributed by atoms with E-state index in [9.17, 15) is 13.2 Å². The zero-order chi connectivity index (χ0) is 18.9. The molecule has 3 rings (SSSR count). The molecule has 2 aromatic rings. The van der Waals surface area contributed by atoms with E-state index in [1.165, 1.54) is 5.56 Å². The number of rotatable bonds is 4. The molecule has 0 bridgehead atoms. The Morgan fingerprint density at radius 1 is 1.15 bits per heavy atom. The van der Waals surface area contributed by atoms with E-state index in [0.717, 1.165) is 11.3 Å². The molecule has 8 heteroatoms. The second kappa shape index (κ2) is 7.03. The summed E-state index contributed by atoms with van der Waals surface area (Å²) in [5, 5.41) is 5.97. The van der Waals surface area contributed by atoms with E-state index >= 15 is 0 Å². The van der Waals surface area contributed by atoms with E-state index in [-0.39, 0.29) is 29.1 Å². The van der Waals surface area contributed by atoms with Crippen LogP contribution < -0.4 is 10.6 Å². The van der Waals surface area contributed by atoms with Crippen LogP contribution in [0.25, 0.3) is 0 Å². The SMILES string of the molecule is Cc1ccc(Nc2cc(C(=O)NC3CCS(=O)(=O)C3)nc(C)n2)c(C)c1. The molecule has 26 heavy (non-hydrogen) atoms. The summed E-state index contributed by atoms with van der Waals surface area (Å²) in [5.41, 5.74) is 3.36. The van der Waals surface area contributed by atoms with Crippen molar-refractivity contribution in [1.29, 1.82) is 0 Å². The van der Waals surface area contributed by atoms with Gasteiger partial charge in [0, 0.05) is 17.8 Å². The molecule has 1 aromatic heterocycles. The zero-order valence-electron chi connectivity index (χ0n) is 15.0. The highest BCUT2D eigenvalue weighted by atomic mass is 32.2. The number of hydrogen-bond acceptors (Lipinski definition) is 6. The normalized spacial score (nSPS) is 18.5. The standard InChI is InChI=1S/C18H22N4O3S/c1-11-4-5-15(12(2)8-11)22-17-9-16(19-13(3)20-17)18(23)21-14-6-7-26(24,25)10-14/h4-5,8-9,14H,6-7,10H2,1-3H3,(H,21,23)(H,19,20,22). The first-order chi connectivity index (χ1) is 12.2. The van der Waals surface area contributed by atoms with Gasteiger partial charge in [-0.25, -0.2) is 18.4 Å². The van der Waals surface area contributed by atoms with Crippen LogP contribution in [0.4, 0.5) is 11.5 Å². The number of nitrogens with one attached hydrogen (secondary N) is 2. The number of carbonyl (C=O) groups is 1. The molecule has 0 aliphatic carbocycles. The highest BCUT2D eigenvalue weighted by Crippen LogP contribution is 2.21. The van der Waals surface area contributed by atoms with Gasteiger partial charge in [-0.3, -0.25) is 4.79 Å². The third-order valence-corrected chi connectivity index (χ3v) is 6.05. The third-order valence-electron chi connectivity index (χ3n) is 4.28. The molecule has 1 aromatic carbocycles. The predicted molar refractivity (Wildman–Crippen MR) is 100 cm³/mol. The Morgan fingerprint density at radius 3 is 2.58 bits per heavy atom. The lowest BCUT2D eigenvalue weighted by Crippen LogP contribution is -2.36. The van der Waals surface area contributed by atoms with Crippen molar-refractivity contribution in [3.8, 4) is 0 Å². The van der Waals surface area contributed by atoms with Gasteiger partial charge in [-0.15, -0.1) is 0 Å². The Morgan fingerprint density at radius 2 is 1.92 bits per heavy atom. The summed E-state index contributed by atoms with van der Waals surface area (Å²) < 4.78 is 23.1. The van der Waals surface area contributed by atoms with Crippen molar-refractivity contribution in [3.05, 3.63) is 46.9 Å². The van der Waals surface area contributed by atoms with E-state index < -0.39 is 9.84 Å². The van der Waals surface area contributed by atoms with Crippen LogP contribution in [0.5, 0.6) is 0 Å². The van der Waals surface area contributed by atoms with E-state index in [0.29, 0.717) is 18.1 Å². The van der Waals surface area contributed by atoms with Gasteiger partial charge in [-0.05, 0) is 38.8 Å². The number of hydrogen-bond donors (Lipinski definition) is 2. The topological polar surface area (TPSA) is 101 Å². The molecule has 1 fully saturated rings. The summed E-state index contributed by atoms with van der Waals surface area (Å²) in [6.45, 7) is 5.73. The molecule has 1 amide bonds. The van der Waals surface area contributed by atoms with Gasteiger partial charge in [-0.2, -0.15) is 0 Å². The fourth-order valence-corrected chi connectivity index (χ4v) is 4.68. The van der Waals surface area contributed by atoms with Crippen LogP contribution in [0, 0.1) is 20.8 Å². The first-order valence-corrected chi connectivity index (χ1v) is 10.3. The quantitative estimate of drug-likeness (QED) is 0.849. The van der Waals surface area contributed by atoms with E-state index in [4.69, 9.17) is 0 Å². The second-order valence-electron chi connectivity index (χ2n) is 6.70. The first-order valence-electron chi connectivity index (χ1n) is 8.43. The van der Waals surface area contributed by atoms with Gasteiger partial charge in [0.05, 0.1) is 11.5 Å². The fourth-order valence-electron chi connectivity index (χ4n) is 3.01. The minimum Gasteiger partial charge on any atom is -0.347 e. The number of aryl methyl sites for hydroxylation is 3. The van der Waals surface area contributed by atoms with Crippen LogP contribution in [0.15, 0.2) is 24.3 Å². The molecule has 1 aliphatic heterocycles. The number of aromatic nitrogens is 2. The number of benzene rings is 1. The Kier molecular flexibility index (Phi) is 4.95. The molecule has 0 saturated carbocycles. The average Bonchev–Trinajstić information content (AvgIpc) is 2.88. The summed E-state index contributed by atoms with van der Waals surface area (Å²) in [6, 6.07) is 7.23. The monoisotopic (exact) mass is 374 g/mol. The molecule has 7 nitrogen and oxygen atoms in total. The van der Waals surface area contributed by atoms with Crippen molar-refractivity contribution in [3.63, 3.8) is 0 Å². The van der Waals surface area contributed by atoms with Gasteiger partial charge >= 0.3 is 0 Å². The maximum Gasteiger partial charge on any atom is 0.270 e. The minimum absolute atomic E-state index is 0.0174. The fraction of sp³-hybridized carbons (Fsp3) is 0.389. The van der Waals surface area contributed by atoms with Crippen LogP contribution in [0.3, 0.4) is 0 Å². The summed E-state index contributed by atoms with van der Waals surface area (Å²) in [4.78, 5) is 21.0. The predicted octanol–water partition coefficient (Wildman–Crippen LogP) is 2.06. The average molecular weight is 374 g/mol. The van der Waals surface area contributed by atoms with Crippen LogP contribution in [0.2, 0.25) is 0 Å². The van der Waals surface area contributed by atoms with Gasteiger partial charge in [0.15, 0.2) is 9.84 Å². The van der Waals surface area contributed by atoms with Crippen molar-refractivity contribution < 1.29 is 13.2 Å². The van der Waals surface area contributed by atoms with Gasteiger partial charge in [0.25, 0.3) is 5.91 Å². The van der Waals surface area contributed by atoms with Crippen molar-refractivity contribution >= 4 is 27.2 Å². The van der Waals surface area contributed by atoms with Gasteiger partial charge in [0.1, 0.15) is 17.3 Å². The Labute approximate surface area is 153 Å². The number of anilines is 2. The van der Waals surface area contributed by atoms with Crippen molar-refractivity contribution in [2.75, 3.05) is 16.8 Å². The molecule has 2 heterocycles. The highest BCUT2D eigenvalue weighted by molar-refractivity contribution is 7.91. The molecule has 0 radical (unpaired) electrons. The first kappa shape index (κ1) is 18.3. The molecular weight excluding hydrogens is 352 g/mol. The Hall–Kier alpha value is -2.48. The summed E-state index contributed by atoms with van der Waals surface area (Å²) >= 11 is 0. The molecular formula is C18H22N4O3S. The van der Waals surface area contributed by atoms with Gasteiger partial charge in [-0.1, -0.05) is 17.7 Å². The molecule has 2 N–H and O–H groups in total. The molecule has 138 valence electrons. The van der Waals surface area contributed by atoms with Gasteiger partial charge < -0.3 is 10.6 Å².